The molecule has 5 heteroatoms. The number of nitrogens with two attached hydrogens (primary N) is 1. The van der Waals surface area contributed by atoms with Gasteiger partial charge in [-0.2, -0.15) is 0 Å². The summed E-state index contributed by atoms with van der Waals surface area (Å²) in [6.07, 6.45) is 3.72. The van der Waals surface area contributed by atoms with Crippen molar-refractivity contribution in [2.45, 2.75) is 18.7 Å². The fraction of sp³-hybridized carbons (Fsp3) is 0.111. The molecule has 0 aliphatic carbocycles. The number of hydrogen-bond donors (Lipinski definition) is 1. The molecule has 0 saturated heterocycles. The largest absolute Gasteiger partial charge is 0.398 e. The van der Waals surface area contributed by atoms with Gasteiger partial charge < -0.3 is 10.5 Å². The number of thioether (sulfide) groups is 1. The second-order valence-corrected chi connectivity index (χ2v) is 6.39. The molecule has 0 atom stereocenters. The lowest BCUT2D eigenvalue weighted by Gasteiger charge is -2.17. The SMILES string of the molecule is C/C=C\C(N)=C(/C)Sc1ccc2c3c(cccc13)C(=O)OC2=O. The number of ether oxygens (including phenoxy) is 1. The molecule has 23 heavy (non-hydrogen) atoms. The van der Waals surface area contributed by atoms with Crippen LogP contribution < -0.4 is 5.73 Å². The zero-order valence-electron chi connectivity index (χ0n) is 12.8. The van der Waals surface area contributed by atoms with Crippen LogP contribution in [0.2, 0.25) is 0 Å². The lowest BCUT2D eigenvalue weighted by Crippen LogP contribution is -2.19. The highest BCUT2D eigenvalue weighted by molar-refractivity contribution is 8.03. The number of carbonyl (C=O) groups excluding carboxylic acids is 2. The molecule has 3 rings (SSSR count). The predicted octanol–water partition coefficient (Wildman–Crippen LogP) is 4.01. The van der Waals surface area contributed by atoms with Crippen LogP contribution in [0.3, 0.4) is 0 Å². The fourth-order valence-electron chi connectivity index (χ4n) is 2.52. The summed E-state index contributed by atoms with van der Waals surface area (Å²) in [6, 6.07) is 8.91. The van der Waals surface area contributed by atoms with Crippen LogP contribution in [0.15, 0.2) is 58.0 Å². The van der Waals surface area contributed by atoms with Crippen molar-refractivity contribution in [3.8, 4) is 0 Å². The molecule has 0 fully saturated rings. The van der Waals surface area contributed by atoms with Gasteiger partial charge in [-0.15, -0.1) is 0 Å². The van der Waals surface area contributed by atoms with Crippen molar-refractivity contribution >= 4 is 34.5 Å². The normalized spacial score (nSPS) is 15.0. The fourth-order valence-corrected chi connectivity index (χ4v) is 3.46. The van der Waals surface area contributed by atoms with Crippen molar-refractivity contribution < 1.29 is 14.3 Å². The molecule has 2 aromatic rings. The Morgan fingerprint density at radius 3 is 2.52 bits per heavy atom. The highest BCUT2D eigenvalue weighted by Crippen LogP contribution is 2.38. The Balaban J connectivity index is 2.19. The summed E-state index contributed by atoms with van der Waals surface area (Å²) in [5, 5.41) is 1.50. The number of cyclic esters (lactones) is 2. The quantitative estimate of drug-likeness (QED) is 0.400. The van der Waals surface area contributed by atoms with Gasteiger partial charge in [0, 0.05) is 20.9 Å². The van der Waals surface area contributed by atoms with E-state index in [2.05, 4.69) is 0 Å². The van der Waals surface area contributed by atoms with Crippen LogP contribution >= 0.6 is 11.8 Å². The molecule has 0 amide bonds. The van der Waals surface area contributed by atoms with Gasteiger partial charge in [0.25, 0.3) is 0 Å². The lowest BCUT2D eigenvalue weighted by atomic mass is 9.97. The monoisotopic (exact) mass is 325 g/mol. The Morgan fingerprint density at radius 2 is 1.83 bits per heavy atom. The van der Waals surface area contributed by atoms with Gasteiger partial charge in [0.15, 0.2) is 0 Å². The van der Waals surface area contributed by atoms with Crippen LogP contribution in [0, 0.1) is 0 Å². The van der Waals surface area contributed by atoms with Gasteiger partial charge in [0.1, 0.15) is 0 Å². The number of esters is 2. The van der Waals surface area contributed by atoms with Gasteiger partial charge in [-0.3, -0.25) is 0 Å². The molecule has 1 aliphatic heterocycles. The van der Waals surface area contributed by atoms with Crippen molar-refractivity contribution in [2.24, 2.45) is 5.73 Å². The first-order valence-corrected chi connectivity index (χ1v) is 7.93. The van der Waals surface area contributed by atoms with Crippen LogP contribution in [0.5, 0.6) is 0 Å². The van der Waals surface area contributed by atoms with Crippen molar-refractivity contribution in [3.63, 3.8) is 0 Å². The first-order valence-electron chi connectivity index (χ1n) is 7.12. The van der Waals surface area contributed by atoms with Crippen LogP contribution in [-0.2, 0) is 4.74 Å². The second-order valence-electron chi connectivity index (χ2n) is 5.13. The molecule has 0 radical (unpaired) electrons. The molecule has 0 spiro atoms. The third kappa shape index (κ3) is 2.64. The summed E-state index contributed by atoms with van der Waals surface area (Å²) in [6.45, 7) is 3.85. The van der Waals surface area contributed by atoms with E-state index in [1.807, 2.05) is 38.1 Å². The van der Waals surface area contributed by atoms with E-state index in [1.165, 1.54) is 11.8 Å². The van der Waals surface area contributed by atoms with E-state index >= 15 is 0 Å². The van der Waals surface area contributed by atoms with E-state index in [9.17, 15) is 9.59 Å². The highest BCUT2D eigenvalue weighted by atomic mass is 32.2. The maximum atomic E-state index is 11.9. The van der Waals surface area contributed by atoms with Crippen molar-refractivity contribution in [2.75, 3.05) is 0 Å². The number of allylic oxidation sites excluding steroid dienone is 3. The van der Waals surface area contributed by atoms with Gasteiger partial charge in [0.2, 0.25) is 0 Å². The molecule has 1 aliphatic rings. The van der Waals surface area contributed by atoms with E-state index in [0.29, 0.717) is 22.2 Å². The average Bonchev–Trinajstić information content (AvgIpc) is 2.53. The maximum absolute atomic E-state index is 11.9. The van der Waals surface area contributed by atoms with E-state index in [-0.39, 0.29) is 0 Å². The molecule has 2 N–H and O–H groups in total. The van der Waals surface area contributed by atoms with Gasteiger partial charge in [-0.1, -0.05) is 30.0 Å². The third-order valence-corrected chi connectivity index (χ3v) is 4.76. The maximum Gasteiger partial charge on any atom is 0.346 e. The number of benzene rings is 2. The molecular weight excluding hydrogens is 310 g/mol. The van der Waals surface area contributed by atoms with E-state index in [4.69, 9.17) is 10.5 Å². The zero-order valence-corrected chi connectivity index (χ0v) is 13.6. The number of rotatable bonds is 3. The summed E-state index contributed by atoms with van der Waals surface area (Å²) >= 11 is 1.52. The molecule has 4 nitrogen and oxygen atoms in total. The van der Waals surface area contributed by atoms with E-state index in [0.717, 1.165) is 15.2 Å². The molecule has 0 saturated carbocycles. The number of carbonyl (C=O) groups is 2. The first-order chi connectivity index (χ1) is 11.0. The Bertz CT molecular complexity index is 876. The molecule has 0 unspecified atom stereocenters. The molecule has 1 heterocycles. The van der Waals surface area contributed by atoms with Gasteiger partial charge in [-0.05, 0) is 43.5 Å². The summed E-state index contributed by atoms with van der Waals surface area (Å²) < 4.78 is 4.77. The Labute approximate surface area is 138 Å². The molecular formula is C18H15NO3S. The van der Waals surface area contributed by atoms with Crippen LogP contribution in [-0.4, -0.2) is 11.9 Å². The van der Waals surface area contributed by atoms with Crippen molar-refractivity contribution in [3.05, 3.63) is 64.2 Å². The second kappa shape index (κ2) is 5.93. The Kier molecular flexibility index (Phi) is 3.96. The van der Waals surface area contributed by atoms with Crippen LogP contribution in [0.1, 0.15) is 34.6 Å². The third-order valence-electron chi connectivity index (χ3n) is 3.64. The van der Waals surface area contributed by atoms with Crippen LogP contribution in [0.25, 0.3) is 10.8 Å². The van der Waals surface area contributed by atoms with Gasteiger partial charge in [-0.25, -0.2) is 9.59 Å². The van der Waals surface area contributed by atoms with E-state index < -0.39 is 11.9 Å². The van der Waals surface area contributed by atoms with Crippen LogP contribution in [0.4, 0.5) is 0 Å². The zero-order chi connectivity index (χ0) is 16.6. The average molecular weight is 325 g/mol. The molecule has 2 aromatic carbocycles. The molecule has 0 bridgehead atoms. The summed E-state index contributed by atoms with van der Waals surface area (Å²) in [5.74, 6) is -1.20. The summed E-state index contributed by atoms with van der Waals surface area (Å²) in [5.41, 5.74) is 7.53. The minimum absolute atomic E-state index is 0.419. The van der Waals surface area contributed by atoms with Gasteiger partial charge >= 0.3 is 11.9 Å². The first kappa shape index (κ1) is 15.4. The topological polar surface area (TPSA) is 69.4 Å². The summed E-state index contributed by atoms with van der Waals surface area (Å²) in [4.78, 5) is 25.7. The number of hydrogen-bond acceptors (Lipinski definition) is 5. The predicted molar refractivity (Wildman–Crippen MR) is 91.3 cm³/mol. The Morgan fingerprint density at radius 1 is 1.13 bits per heavy atom. The Hall–Kier alpha value is -2.53. The molecule has 116 valence electrons. The lowest BCUT2D eigenvalue weighted by molar-refractivity contribution is 0.0391. The summed E-state index contributed by atoms with van der Waals surface area (Å²) in [7, 11) is 0. The van der Waals surface area contributed by atoms with E-state index in [1.54, 1.807) is 18.2 Å². The minimum Gasteiger partial charge on any atom is -0.398 e. The molecule has 0 aromatic heterocycles. The smallest absolute Gasteiger partial charge is 0.346 e. The van der Waals surface area contributed by atoms with Crippen molar-refractivity contribution in [1.29, 1.82) is 0 Å². The van der Waals surface area contributed by atoms with Crippen molar-refractivity contribution in [1.82, 2.24) is 0 Å². The minimum atomic E-state index is -0.601. The van der Waals surface area contributed by atoms with Gasteiger partial charge in [0.05, 0.1) is 11.1 Å². The standard InChI is InChI=1S/C18H15NO3S/c1-3-5-14(19)10(2)23-15-9-8-13-16-11(15)6-4-7-12(16)17(20)22-18(13)21/h3-9H,19H2,1-2H3/b5-3-,14-10-. The highest BCUT2D eigenvalue weighted by Gasteiger charge is 2.27.